The molecule has 1 aromatic carbocycles. The normalized spacial score (nSPS) is 10.9. The van der Waals surface area contributed by atoms with E-state index in [1.54, 1.807) is 18.2 Å². The minimum absolute atomic E-state index is 0.135. The standard InChI is InChI=1S/C15H12F2N2O/c1-10(20)14-7-2-4-11(19-14)8-9-18-15-12(16)5-3-6-13(15)17/h2-7,9H,8H2,1H3. The van der Waals surface area contributed by atoms with Gasteiger partial charge in [-0.3, -0.25) is 9.79 Å². The van der Waals surface area contributed by atoms with Crippen molar-refractivity contribution in [2.45, 2.75) is 13.3 Å². The number of aromatic nitrogens is 1. The summed E-state index contributed by atoms with van der Waals surface area (Å²) in [5.74, 6) is -1.57. The number of para-hydroxylation sites is 1. The monoisotopic (exact) mass is 274 g/mol. The van der Waals surface area contributed by atoms with Gasteiger partial charge in [0.25, 0.3) is 0 Å². The largest absolute Gasteiger partial charge is 0.293 e. The van der Waals surface area contributed by atoms with E-state index in [4.69, 9.17) is 0 Å². The maximum Gasteiger partial charge on any atom is 0.178 e. The van der Waals surface area contributed by atoms with Crippen molar-refractivity contribution >= 4 is 17.7 Å². The van der Waals surface area contributed by atoms with Crippen LogP contribution in [0.4, 0.5) is 14.5 Å². The number of ketones is 1. The quantitative estimate of drug-likeness (QED) is 0.632. The van der Waals surface area contributed by atoms with E-state index < -0.39 is 11.6 Å². The van der Waals surface area contributed by atoms with Crippen molar-refractivity contribution in [2.75, 3.05) is 0 Å². The van der Waals surface area contributed by atoms with Crippen molar-refractivity contribution in [3.63, 3.8) is 0 Å². The highest BCUT2D eigenvalue weighted by molar-refractivity contribution is 5.92. The summed E-state index contributed by atoms with van der Waals surface area (Å²) in [6.45, 7) is 1.43. The van der Waals surface area contributed by atoms with Gasteiger partial charge in [-0.1, -0.05) is 12.1 Å². The lowest BCUT2D eigenvalue weighted by Gasteiger charge is -2.00. The molecule has 0 atom stereocenters. The lowest BCUT2D eigenvalue weighted by atomic mass is 10.2. The molecule has 2 rings (SSSR count). The molecule has 20 heavy (non-hydrogen) atoms. The molecule has 0 aliphatic rings. The Bertz CT molecular complexity index is 648. The molecule has 1 aromatic heterocycles. The van der Waals surface area contributed by atoms with Gasteiger partial charge in [0.2, 0.25) is 0 Å². The van der Waals surface area contributed by atoms with E-state index in [9.17, 15) is 13.6 Å². The number of aliphatic imine (C=N–C) groups is 1. The number of Topliss-reactive ketones (excluding diaryl/α,β-unsaturated/α-hetero) is 1. The summed E-state index contributed by atoms with van der Waals surface area (Å²) in [6, 6.07) is 8.60. The van der Waals surface area contributed by atoms with Gasteiger partial charge in [-0.2, -0.15) is 0 Å². The Morgan fingerprint density at radius 1 is 1.20 bits per heavy atom. The van der Waals surface area contributed by atoms with Crippen molar-refractivity contribution in [2.24, 2.45) is 4.99 Å². The maximum absolute atomic E-state index is 13.3. The molecule has 1 heterocycles. The average Bonchev–Trinajstić information content (AvgIpc) is 2.42. The number of benzene rings is 1. The number of carbonyl (C=O) groups excluding carboxylic acids is 1. The predicted molar refractivity (Wildman–Crippen MR) is 72.5 cm³/mol. The molecule has 5 heteroatoms. The summed E-state index contributed by atoms with van der Waals surface area (Å²) in [7, 11) is 0. The second kappa shape index (κ2) is 6.14. The van der Waals surface area contributed by atoms with Gasteiger partial charge in [-0.25, -0.2) is 13.8 Å². The van der Waals surface area contributed by atoms with Gasteiger partial charge < -0.3 is 0 Å². The van der Waals surface area contributed by atoms with Gasteiger partial charge in [0.15, 0.2) is 17.4 Å². The summed E-state index contributed by atoms with van der Waals surface area (Å²) in [5.41, 5.74) is 0.640. The number of hydrogen-bond acceptors (Lipinski definition) is 3. The molecule has 0 saturated carbocycles. The Balaban J connectivity index is 2.14. The van der Waals surface area contributed by atoms with Crippen LogP contribution in [0.25, 0.3) is 0 Å². The molecule has 0 aliphatic heterocycles. The first-order chi connectivity index (χ1) is 9.58. The molecular formula is C15H12F2N2O. The zero-order valence-corrected chi connectivity index (χ0v) is 10.8. The molecule has 0 bridgehead atoms. The van der Waals surface area contributed by atoms with Crippen molar-refractivity contribution in [3.05, 3.63) is 59.4 Å². The van der Waals surface area contributed by atoms with Crippen LogP contribution < -0.4 is 0 Å². The second-order valence-electron chi connectivity index (χ2n) is 4.16. The minimum Gasteiger partial charge on any atom is -0.293 e. The van der Waals surface area contributed by atoms with E-state index in [1.807, 2.05) is 0 Å². The third-order valence-electron chi connectivity index (χ3n) is 2.63. The first-order valence-corrected chi connectivity index (χ1v) is 6.01. The van der Waals surface area contributed by atoms with Crippen LogP contribution in [0.3, 0.4) is 0 Å². The minimum atomic E-state index is -0.716. The third-order valence-corrected chi connectivity index (χ3v) is 2.63. The van der Waals surface area contributed by atoms with Gasteiger partial charge >= 0.3 is 0 Å². The Hall–Kier alpha value is -2.43. The smallest absolute Gasteiger partial charge is 0.178 e. The molecule has 0 unspecified atom stereocenters. The number of halogens is 2. The van der Waals surface area contributed by atoms with E-state index >= 15 is 0 Å². The van der Waals surface area contributed by atoms with Gasteiger partial charge in [-0.05, 0) is 24.3 Å². The number of rotatable bonds is 4. The Labute approximate surface area is 115 Å². The van der Waals surface area contributed by atoms with Crippen molar-refractivity contribution in [1.82, 2.24) is 4.98 Å². The lowest BCUT2D eigenvalue weighted by molar-refractivity contribution is 0.101. The maximum atomic E-state index is 13.3. The highest BCUT2D eigenvalue weighted by Gasteiger charge is 2.06. The molecule has 0 N–H and O–H groups in total. The van der Waals surface area contributed by atoms with Crippen LogP contribution in [-0.2, 0) is 6.42 Å². The summed E-state index contributed by atoms with van der Waals surface area (Å²) in [5, 5.41) is 0. The first-order valence-electron chi connectivity index (χ1n) is 6.01. The number of nitrogens with zero attached hydrogens (tertiary/aromatic N) is 2. The third kappa shape index (κ3) is 3.32. The molecule has 102 valence electrons. The molecule has 0 radical (unpaired) electrons. The first kappa shape index (κ1) is 14.0. The van der Waals surface area contributed by atoms with Crippen LogP contribution in [0.5, 0.6) is 0 Å². The van der Waals surface area contributed by atoms with E-state index in [1.165, 1.54) is 19.2 Å². The molecule has 0 spiro atoms. The lowest BCUT2D eigenvalue weighted by Crippen LogP contribution is -2.00. The fourth-order valence-corrected chi connectivity index (χ4v) is 1.63. The molecule has 3 nitrogen and oxygen atoms in total. The van der Waals surface area contributed by atoms with Crippen molar-refractivity contribution < 1.29 is 13.6 Å². The van der Waals surface area contributed by atoms with Crippen molar-refractivity contribution in [1.29, 1.82) is 0 Å². The van der Waals surface area contributed by atoms with E-state index in [2.05, 4.69) is 9.98 Å². The SMILES string of the molecule is CC(=O)c1cccc(CC=Nc2c(F)cccc2F)n1. The predicted octanol–water partition coefficient (Wildman–Crippen LogP) is 3.51. The fraction of sp³-hybridized carbons (Fsp3) is 0.133. The fourth-order valence-electron chi connectivity index (χ4n) is 1.63. The number of pyridine rings is 1. The van der Waals surface area contributed by atoms with E-state index in [0.717, 1.165) is 12.1 Å². The van der Waals surface area contributed by atoms with Crippen molar-refractivity contribution in [3.8, 4) is 0 Å². The van der Waals surface area contributed by atoms with E-state index in [-0.39, 0.29) is 17.9 Å². The van der Waals surface area contributed by atoms with Crippen LogP contribution in [0.15, 0.2) is 41.4 Å². The Morgan fingerprint density at radius 2 is 1.85 bits per heavy atom. The van der Waals surface area contributed by atoms with E-state index in [0.29, 0.717) is 11.4 Å². The van der Waals surface area contributed by atoms with Gasteiger partial charge in [-0.15, -0.1) is 0 Å². The summed E-state index contributed by atoms with van der Waals surface area (Å²) < 4.78 is 26.7. The van der Waals surface area contributed by atoms with Gasteiger partial charge in [0.1, 0.15) is 11.4 Å². The second-order valence-corrected chi connectivity index (χ2v) is 4.16. The number of hydrogen-bond donors (Lipinski definition) is 0. The van der Waals surface area contributed by atoms with Crippen LogP contribution in [0.1, 0.15) is 23.1 Å². The molecule has 0 aliphatic carbocycles. The molecule has 0 amide bonds. The van der Waals surface area contributed by atoms with Crippen LogP contribution in [0, 0.1) is 11.6 Å². The molecule has 2 aromatic rings. The Morgan fingerprint density at radius 3 is 2.50 bits per heavy atom. The van der Waals surface area contributed by atoms with Crippen LogP contribution in [0.2, 0.25) is 0 Å². The van der Waals surface area contributed by atoms with Crippen LogP contribution >= 0.6 is 0 Å². The molecule has 0 fully saturated rings. The van der Waals surface area contributed by atoms with Gasteiger partial charge in [0, 0.05) is 25.3 Å². The van der Waals surface area contributed by atoms with Crippen LogP contribution in [-0.4, -0.2) is 17.0 Å². The molecule has 0 saturated heterocycles. The average molecular weight is 274 g/mol. The highest BCUT2D eigenvalue weighted by atomic mass is 19.1. The summed E-state index contributed by atoms with van der Waals surface area (Å²) >= 11 is 0. The zero-order chi connectivity index (χ0) is 14.5. The summed E-state index contributed by atoms with van der Waals surface area (Å²) in [6.07, 6.45) is 1.66. The molecular weight excluding hydrogens is 262 g/mol. The Kier molecular flexibility index (Phi) is 4.30. The zero-order valence-electron chi connectivity index (χ0n) is 10.8. The topological polar surface area (TPSA) is 42.3 Å². The number of carbonyl (C=O) groups is 1. The summed E-state index contributed by atoms with van der Waals surface area (Å²) in [4.78, 5) is 19.1. The highest BCUT2D eigenvalue weighted by Crippen LogP contribution is 2.20. The van der Waals surface area contributed by atoms with Gasteiger partial charge in [0.05, 0.1) is 0 Å².